The third-order valence-electron chi connectivity index (χ3n) is 3.60. The first kappa shape index (κ1) is 15.0. The van der Waals surface area contributed by atoms with Crippen molar-refractivity contribution in [1.82, 2.24) is 0 Å². The van der Waals surface area contributed by atoms with E-state index in [4.69, 9.17) is 16.3 Å². The molecule has 2 aromatic rings. The largest absolute Gasteiger partial charge is 0.491 e. The lowest BCUT2D eigenvalue weighted by molar-refractivity contribution is 0.102. The molecule has 1 amide bonds. The first-order valence-corrected chi connectivity index (χ1v) is 7.03. The number of para-hydroxylation sites is 1. The Bertz CT molecular complexity index is 748. The summed E-state index contributed by atoms with van der Waals surface area (Å²) in [4.78, 5) is 12.3. The minimum atomic E-state index is -1.14. The molecule has 0 fully saturated rings. The number of hydrogen-bond donors (Lipinski definition) is 2. The first-order valence-electron chi connectivity index (χ1n) is 6.66. The summed E-state index contributed by atoms with van der Waals surface area (Å²) in [5, 5.41) is 12.6. The van der Waals surface area contributed by atoms with E-state index in [2.05, 4.69) is 5.32 Å². The molecular formula is C15H12BClFNO3. The van der Waals surface area contributed by atoms with Gasteiger partial charge in [0.25, 0.3) is 5.91 Å². The van der Waals surface area contributed by atoms with E-state index in [0.29, 0.717) is 21.7 Å². The number of hydrogen-bond acceptors (Lipinski definition) is 3. The van der Waals surface area contributed by atoms with E-state index in [0.717, 1.165) is 5.56 Å². The van der Waals surface area contributed by atoms with Crippen LogP contribution in [0.5, 0.6) is 0 Å². The summed E-state index contributed by atoms with van der Waals surface area (Å²) < 4.78 is 19.1. The van der Waals surface area contributed by atoms with Crippen LogP contribution in [0.15, 0.2) is 30.3 Å². The molecule has 0 atom stereocenters. The highest BCUT2D eigenvalue weighted by Crippen LogP contribution is 2.26. The Morgan fingerprint density at radius 3 is 2.95 bits per heavy atom. The molecule has 1 aliphatic heterocycles. The highest BCUT2D eigenvalue weighted by atomic mass is 35.5. The van der Waals surface area contributed by atoms with Crippen LogP contribution in [-0.2, 0) is 11.3 Å². The second-order valence-corrected chi connectivity index (χ2v) is 5.49. The topological polar surface area (TPSA) is 58.6 Å². The first-order chi connectivity index (χ1) is 10.5. The van der Waals surface area contributed by atoms with Crippen molar-refractivity contribution in [3.8, 4) is 0 Å². The molecule has 7 heteroatoms. The van der Waals surface area contributed by atoms with E-state index < -0.39 is 18.8 Å². The van der Waals surface area contributed by atoms with Gasteiger partial charge in [-0.2, -0.15) is 0 Å². The normalized spacial score (nSPS) is 13.2. The Hall–Kier alpha value is -1.89. The number of carbonyl (C=O) groups excluding carboxylic acids is 1. The number of rotatable bonds is 2. The molecule has 1 heterocycles. The van der Waals surface area contributed by atoms with Gasteiger partial charge in [-0.15, -0.1) is 0 Å². The average Bonchev–Trinajstić information content (AvgIpc) is 2.82. The van der Waals surface area contributed by atoms with Crippen LogP contribution in [0.25, 0.3) is 0 Å². The van der Waals surface area contributed by atoms with Crippen LogP contribution < -0.4 is 10.8 Å². The van der Waals surface area contributed by atoms with Crippen molar-refractivity contribution in [1.29, 1.82) is 0 Å². The quantitative estimate of drug-likeness (QED) is 0.835. The molecule has 2 aromatic carbocycles. The van der Waals surface area contributed by atoms with Crippen molar-refractivity contribution in [2.45, 2.75) is 13.5 Å². The highest BCUT2D eigenvalue weighted by Gasteiger charge is 2.30. The highest BCUT2D eigenvalue weighted by molar-refractivity contribution is 6.61. The number of nitrogens with one attached hydrogen (secondary N) is 1. The molecule has 0 saturated carbocycles. The molecule has 0 aromatic heterocycles. The zero-order chi connectivity index (χ0) is 15.9. The number of carbonyl (C=O) groups is 1. The number of amides is 1. The fourth-order valence-corrected chi connectivity index (χ4v) is 2.66. The van der Waals surface area contributed by atoms with E-state index in [1.165, 1.54) is 12.1 Å². The number of anilines is 1. The van der Waals surface area contributed by atoms with Gasteiger partial charge in [0.15, 0.2) is 0 Å². The second-order valence-electron chi connectivity index (χ2n) is 5.08. The fraction of sp³-hybridized carbons (Fsp3) is 0.133. The lowest BCUT2D eigenvalue weighted by atomic mass is 9.78. The fourth-order valence-electron chi connectivity index (χ4n) is 2.39. The Labute approximate surface area is 132 Å². The van der Waals surface area contributed by atoms with Crippen LogP contribution in [0.2, 0.25) is 5.02 Å². The van der Waals surface area contributed by atoms with Crippen LogP contribution >= 0.6 is 11.6 Å². The Kier molecular flexibility index (Phi) is 3.91. The van der Waals surface area contributed by atoms with Crippen molar-refractivity contribution < 1.29 is 18.9 Å². The standard InChI is InChI=1S/C15H12BClFNO3/c1-8-3-2-4-12(17)14(8)19-15(20)10-6-11-9(5-13(10)18)7-22-16(11)21/h2-6,21H,7H2,1H3,(H,19,20). The maximum absolute atomic E-state index is 14.1. The SMILES string of the molecule is Cc1cccc(Cl)c1NC(=O)c1cc2c(cc1F)COB2O. The lowest BCUT2D eigenvalue weighted by Crippen LogP contribution is -2.30. The maximum Gasteiger partial charge on any atom is 0.491 e. The predicted molar refractivity (Wildman–Crippen MR) is 82.9 cm³/mol. The zero-order valence-corrected chi connectivity index (χ0v) is 12.4. The van der Waals surface area contributed by atoms with E-state index in [9.17, 15) is 14.2 Å². The Morgan fingerprint density at radius 2 is 2.23 bits per heavy atom. The molecule has 3 rings (SSSR count). The molecule has 0 spiro atoms. The summed E-state index contributed by atoms with van der Waals surface area (Å²) in [6.07, 6.45) is 0. The van der Waals surface area contributed by atoms with Gasteiger partial charge in [-0.25, -0.2) is 4.39 Å². The lowest BCUT2D eigenvalue weighted by Gasteiger charge is -2.11. The third-order valence-corrected chi connectivity index (χ3v) is 3.91. The van der Waals surface area contributed by atoms with Gasteiger partial charge in [0.05, 0.1) is 22.9 Å². The van der Waals surface area contributed by atoms with Gasteiger partial charge in [0, 0.05) is 0 Å². The molecule has 0 aliphatic carbocycles. The third kappa shape index (κ3) is 2.61. The molecule has 2 N–H and O–H groups in total. The molecule has 112 valence electrons. The van der Waals surface area contributed by atoms with Gasteiger partial charge >= 0.3 is 7.12 Å². The predicted octanol–water partition coefficient (Wildman–Crippen LogP) is 2.26. The van der Waals surface area contributed by atoms with E-state index in [1.807, 2.05) is 0 Å². The van der Waals surface area contributed by atoms with Gasteiger partial charge < -0.3 is 15.0 Å². The molecule has 4 nitrogen and oxygen atoms in total. The molecule has 0 radical (unpaired) electrons. The van der Waals surface area contributed by atoms with Crippen LogP contribution in [0.3, 0.4) is 0 Å². The molecule has 0 bridgehead atoms. The molecule has 0 unspecified atom stereocenters. The Morgan fingerprint density at radius 1 is 1.45 bits per heavy atom. The second kappa shape index (κ2) is 5.72. The van der Waals surface area contributed by atoms with E-state index >= 15 is 0 Å². The van der Waals surface area contributed by atoms with Crippen molar-refractivity contribution >= 4 is 35.8 Å². The van der Waals surface area contributed by atoms with Crippen LogP contribution in [0.4, 0.5) is 10.1 Å². The van der Waals surface area contributed by atoms with Crippen molar-refractivity contribution in [3.05, 3.63) is 57.9 Å². The van der Waals surface area contributed by atoms with Gasteiger partial charge in [0.2, 0.25) is 0 Å². The molecule has 1 aliphatic rings. The number of aryl methyl sites for hydroxylation is 1. The van der Waals surface area contributed by atoms with Crippen molar-refractivity contribution in [2.24, 2.45) is 0 Å². The summed E-state index contributed by atoms with van der Waals surface area (Å²) in [7, 11) is -1.14. The summed E-state index contributed by atoms with van der Waals surface area (Å²) in [6, 6.07) is 7.71. The zero-order valence-electron chi connectivity index (χ0n) is 11.7. The van der Waals surface area contributed by atoms with E-state index in [1.54, 1.807) is 25.1 Å². The average molecular weight is 320 g/mol. The van der Waals surface area contributed by atoms with Crippen LogP contribution in [0.1, 0.15) is 21.5 Å². The molecule has 0 saturated heterocycles. The van der Waals surface area contributed by atoms with Gasteiger partial charge in [0.1, 0.15) is 5.82 Å². The van der Waals surface area contributed by atoms with Crippen molar-refractivity contribution in [3.63, 3.8) is 0 Å². The molecular weight excluding hydrogens is 307 g/mol. The maximum atomic E-state index is 14.1. The number of benzene rings is 2. The Balaban J connectivity index is 1.95. The van der Waals surface area contributed by atoms with Crippen LogP contribution in [0, 0.1) is 12.7 Å². The minimum absolute atomic E-state index is 0.124. The molecule has 22 heavy (non-hydrogen) atoms. The summed E-state index contributed by atoms with van der Waals surface area (Å²) in [5.41, 5.74) is 1.98. The smallest absolute Gasteiger partial charge is 0.423 e. The monoisotopic (exact) mass is 319 g/mol. The summed E-state index contributed by atoms with van der Waals surface area (Å²) >= 11 is 6.05. The number of halogens is 2. The van der Waals surface area contributed by atoms with Crippen LogP contribution in [-0.4, -0.2) is 18.0 Å². The number of fused-ring (bicyclic) bond motifs is 1. The van der Waals surface area contributed by atoms with E-state index in [-0.39, 0.29) is 12.2 Å². The summed E-state index contributed by atoms with van der Waals surface area (Å²) in [6.45, 7) is 1.91. The van der Waals surface area contributed by atoms with Gasteiger partial charge in [-0.05, 0) is 41.7 Å². The van der Waals surface area contributed by atoms with Gasteiger partial charge in [-0.1, -0.05) is 23.7 Å². The van der Waals surface area contributed by atoms with Gasteiger partial charge in [-0.3, -0.25) is 4.79 Å². The minimum Gasteiger partial charge on any atom is -0.423 e. The van der Waals surface area contributed by atoms with Crippen molar-refractivity contribution in [2.75, 3.05) is 5.32 Å². The summed E-state index contributed by atoms with van der Waals surface area (Å²) in [5.74, 6) is -1.30.